The van der Waals surface area contributed by atoms with Crippen molar-refractivity contribution in [1.29, 1.82) is 0 Å². The van der Waals surface area contributed by atoms with Gasteiger partial charge in [-0.3, -0.25) is 0 Å². The third-order valence-corrected chi connectivity index (χ3v) is 4.98. The van der Waals surface area contributed by atoms with Crippen molar-refractivity contribution in [2.45, 2.75) is 6.61 Å². The zero-order valence-corrected chi connectivity index (χ0v) is 17.5. The summed E-state index contributed by atoms with van der Waals surface area (Å²) in [5.41, 5.74) is 3.50. The second-order valence-corrected chi connectivity index (χ2v) is 6.96. The van der Waals surface area contributed by atoms with E-state index >= 15 is 0 Å². The third kappa shape index (κ3) is 3.74. The molecule has 5 rings (SSSR count). The Bertz CT molecular complexity index is 1340. The van der Waals surface area contributed by atoms with Crippen molar-refractivity contribution in [3.63, 3.8) is 0 Å². The normalized spacial score (nSPS) is 10.9. The van der Waals surface area contributed by atoms with Crippen molar-refractivity contribution in [2.24, 2.45) is 0 Å². The second kappa shape index (κ2) is 8.43. The molecule has 2 heterocycles. The molecule has 0 radical (unpaired) electrons. The lowest BCUT2D eigenvalue weighted by molar-refractivity contribution is 0.251. The zero-order chi connectivity index (χ0) is 21.9. The van der Waals surface area contributed by atoms with Gasteiger partial charge in [0, 0.05) is 5.56 Å². The van der Waals surface area contributed by atoms with E-state index in [9.17, 15) is 0 Å². The highest BCUT2D eigenvalue weighted by atomic mass is 16.5. The SMILES string of the molecule is COc1cc(-c2nc3ccccc3[nH]2)ccc1OCc1nnc(-c2ccccc2OC)o1. The van der Waals surface area contributed by atoms with Crippen LogP contribution in [0, 0.1) is 0 Å². The predicted octanol–water partition coefficient (Wildman–Crippen LogP) is 4.88. The van der Waals surface area contributed by atoms with Crippen molar-refractivity contribution in [2.75, 3.05) is 14.2 Å². The number of ether oxygens (including phenoxy) is 3. The number of para-hydroxylation sites is 3. The van der Waals surface area contributed by atoms with Gasteiger partial charge in [0.1, 0.15) is 11.6 Å². The smallest absolute Gasteiger partial charge is 0.254 e. The fourth-order valence-electron chi connectivity index (χ4n) is 3.41. The van der Waals surface area contributed by atoms with E-state index < -0.39 is 0 Å². The quantitative estimate of drug-likeness (QED) is 0.395. The highest BCUT2D eigenvalue weighted by molar-refractivity contribution is 5.79. The molecule has 0 aliphatic rings. The summed E-state index contributed by atoms with van der Waals surface area (Å²) in [4.78, 5) is 7.95. The molecule has 0 aliphatic carbocycles. The van der Waals surface area contributed by atoms with Crippen molar-refractivity contribution < 1.29 is 18.6 Å². The maximum absolute atomic E-state index is 5.89. The summed E-state index contributed by atoms with van der Waals surface area (Å²) in [6, 6.07) is 21.0. The minimum absolute atomic E-state index is 0.0997. The lowest BCUT2D eigenvalue weighted by Crippen LogP contribution is -1.98. The molecule has 0 unspecified atom stereocenters. The summed E-state index contributed by atoms with van der Waals surface area (Å²) in [5.74, 6) is 3.26. The van der Waals surface area contributed by atoms with Gasteiger partial charge in [-0.2, -0.15) is 0 Å². The van der Waals surface area contributed by atoms with Gasteiger partial charge in [-0.05, 0) is 42.5 Å². The summed E-state index contributed by atoms with van der Waals surface area (Å²) >= 11 is 0. The number of nitrogens with zero attached hydrogens (tertiary/aromatic N) is 3. The van der Waals surface area contributed by atoms with Gasteiger partial charge >= 0.3 is 0 Å². The Morgan fingerprint density at radius 1 is 0.844 bits per heavy atom. The molecule has 0 atom stereocenters. The molecule has 0 aliphatic heterocycles. The molecular weight excluding hydrogens is 408 g/mol. The van der Waals surface area contributed by atoms with Crippen LogP contribution in [-0.4, -0.2) is 34.4 Å². The summed E-state index contributed by atoms with van der Waals surface area (Å²) in [6.07, 6.45) is 0. The van der Waals surface area contributed by atoms with Crippen molar-refractivity contribution in [3.05, 3.63) is 72.6 Å². The fraction of sp³-hybridized carbons (Fsp3) is 0.125. The minimum atomic E-state index is 0.0997. The number of H-pyrrole nitrogens is 1. The van der Waals surface area contributed by atoms with Gasteiger partial charge < -0.3 is 23.6 Å². The largest absolute Gasteiger partial charge is 0.496 e. The highest BCUT2D eigenvalue weighted by Crippen LogP contribution is 2.33. The molecule has 0 amide bonds. The molecule has 5 aromatic rings. The number of hydrogen-bond donors (Lipinski definition) is 1. The monoisotopic (exact) mass is 428 g/mol. The maximum Gasteiger partial charge on any atom is 0.254 e. The number of imidazole rings is 1. The zero-order valence-electron chi connectivity index (χ0n) is 17.5. The molecule has 8 nitrogen and oxygen atoms in total. The Morgan fingerprint density at radius 2 is 1.66 bits per heavy atom. The van der Waals surface area contributed by atoms with Crippen LogP contribution in [0.25, 0.3) is 33.9 Å². The van der Waals surface area contributed by atoms with Crippen LogP contribution in [0.3, 0.4) is 0 Å². The van der Waals surface area contributed by atoms with Gasteiger partial charge in [-0.15, -0.1) is 10.2 Å². The van der Waals surface area contributed by atoms with E-state index in [-0.39, 0.29) is 6.61 Å². The van der Waals surface area contributed by atoms with E-state index in [1.54, 1.807) is 14.2 Å². The Kier molecular flexibility index (Phi) is 5.17. The first-order valence-corrected chi connectivity index (χ1v) is 9.97. The Balaban J connectivity index is 1.34. The van der Waals surface area contributed by atoms with Crippen LogP contribution in [0.2, 0.25) is 0 Å². The molecule has 3 aromatic carbocycles. The molecule has 0 saturated heterocycles. The van der Waals surface area contributed by atoms with Crippen molar-refractivity contribution >= 4 is 11.0 Å². The first kappa shape index (κ1) is 19.6. The molecular formula is C24H20N4O4. The van der Waals surface area contributed by atoms with Gasteiger partial charge in [0.25, 0.3) is 11.8 Å². The number of nitrogens with one attached hydrogen (secondary N) is 1. The van der Waals surface area contributed by atoms with Crippen LogP contribution in [0.5, 0.6) is 17.2 Å². The maximum atomic E-state index is 5.89. The van der Waals surface area contributed by atoms with E-state index in [1.165, 1.54) is 0 Å². The Hall–Kier alpha value is -4.33. The predicted molar refractivity (Wildman–Crippen MR) is 119 cm³/mol. The van der Waals surface area contributed by atoms with Crippen LogP contribution in [0.1, 0.15) is 5.89 Å². The molecule has 0 fully saturated rings. The van der Waals surface area contributed by atoms with Crippen LogP contribution < -0.4 is 14.2 Å². The summed E-state index contributed by atoms with van der Waals surface area (Å²) in [5, 5.41) is 8.18. The molecule has 8 heteroatoms. The molecule has 0 spiro atoms. The molecule has 0 bridgehead atoms. The number of methoxy groups -OCH3 is 2. The molecule has 2 aromatic heterocycles. The third-order valence-electron chi connectivity index (χ3n) is 4.98. The Morgan fingerprint density at radius 3 is 2.50 bits per heavy atom. The number of benzene rings is 3. The fourth-order valence-corrected chi connectivity index (χ4v) is 3.41. The topological polar surface area (TPSA) is 95.3 Å². The average Bonchev–Trinajstić information content (AvgIpc) is 3.50. The van der Waals surface area contributed by atoms with Gasteiger partial charge in [-0.1, -0.05) is 24.3 Å². The second-order valence-electron chi connectivity index (χ2n) is 6.96. The molecule has 160 valence electrons. The van der Waals surface area contributed by atoms with E-state index in [0.29, 0.717) is 29.0 Å². The van der Waals surface area contributed by atoms with E-state index in [2.05, 4.69) is 20.2 Å². The lowest BCUT2D eigenvalue weighted by Gasteiger charge is -2.10. The number of fused-ring (bicyclic) bond motifs is 1. The van der Waals surface area contributed by atoms with E-state index in [4.69, 9.17) is 18.6 Å². The first-order chi connectivity index (χ1) is 15.7. The number of aromatic amines is 1. The first-order valence-electron chi connectivity index (χ1n) is 9.97. The summed E-state index contributed by atoms with van der Waals surface area (Å²) in [7, 11) is 3.19. The van der Waals surface area contributed by atoms with E-state index in [1.807, 2.05) is 66.7 Å². The number of hydrogen-bond acceptors (Lipinski definition) is 7. The van der Waals surface area contributed by atoms with E-state index in [0.717, 1.165) is 28.0 Å². The van der Waals surface area contributed by atoms with Gasteiger partial charge in [-0.25, -0.2) is 4.98 Å². The van der Waals surface area contributed by atoms with Crippen LogP contribution >= 0.6 is 0 Å². The van der Waals surface area contributed by atoms with Crippen LogP contribution in [0.15, 0.2) is 71.1 Å². The van der Waals surface area contributed by atoms with Gasteiger partial charge in [0.05, 0.1) is 30.8 Å². The van der Waals surface area contributed by atoms with Crippen LogP contribution in [-0.2, 0) is 6.61 Å². The lowest BCUT2D eigenvalue weighted by atomic mass is 10.2. The number of aromatic nitrogens is 4. The summed E-state index contributed by atoms with van der Waals surface area (Å²) in [6.45, 7) is 0.0997. The van der Waals surface area contributed by atoms with Crippen LogP contribution in [0.4, 0.5) is 0 Å². The van der Waals surface area contributed by atoms with Gasteiger partial charge in [0.2, 0.25) is 0 Å². The standard InChI is InChI=1S/C24H20N4O4/c1-29-19-10-6-3-7-16(19)24-28-27-22(32-24)14-31-20-12-11-15(13-21(20)30-2)23-25-17-8-4-5-9-18(17)26-23/h3-13H,14H2,1-2H3,(H,25,26). The molecule has 1 N–H and O–H groups in total. The molecule has 0 saturated carbocycles. The minimum Gasteiger partial charge on any atom is -0.496 e. The summed E-state index contributed by atoms with van der Waals surface area (Å²) < 4.78 is 22.5. The molecule has 32 heavy (non-hydrogen) atoms. The number of rotatable bonds is 7. The average molecular weight is 428 g/mol. The van der Waals surface area contributed by atoms with Crippen molar-refractivity contribution in [3.8, 4) is 40.1 Å². The van der Waals surface area contributed by atoms with Crippen molar-refractivity contribution in [1.82, 2.24) is 20.2 Å². The highest BCUT2D eigenvalue weighted by Gasteiger charge is 2.15. The Labute approximate surface area is 183 Å². The van der Waals surface area contributed by atoms with Gasteiger partial charge in [0.15, 0.2) is 18.1 Å².